The summed E-state index contributed by atoms with van der Waals surface area (Å²) in [6.07, 6.45) is 0. The standard InChI is InChI=1S/C14H24N2O3S/c1-14(2,11-16(3)4)10-15-20(17,18)13-8-6-12(19-5)7-9-13/h6-9,15H,10-11H2,1-5H3. The van der Waals surface area contributed by atoms with Crippen molar-refractivity contribution in [1.82, 2.24) is 9.62 Å². The average Bonchev–Trinajstić information content (AvgIpc) is 2.35. The molecule has 0 aromatic heterocycles. The molecule has 0 aliphatic rings. The van der Waals surface area contributed by atoms with E-state index in [1.165, 1.54) is 0 Å². The van der Waals surface area contributed by atoms with E-state index in [4.69, 9.17) is 4.74 Å². The Balaban J connectivity index is 2.74. The van der Waals surface area contributed by atoms with Crippen LogP contribution < -0.4 is 9.46 Å². The zero-order chi connectivity index (χ0) is 15.4. The first-order valence-electron chi connectivity index (χ1n) is 6.45. The number of rotatable bonds is 7. The van der Waals surface area contributed by atoms with Crippen LogP contribution in [0.2, 0.25) is 0 Å². The second-order valence-corrected chi connectivity index (χ2v) is 7.67. The number of hydrogen-bond donors (Lipinski definition) is 1. The number of methoxy groups -OCH3 is 1. The Morgan fingerprint density at radius 3 is 2.20 bits per heavy atom. The van der Waals surface area contributed by atoms with Crippen LogP contribution in [0.4, 0.5) is 0 Å². The fraction of sp³-hybridized carbons (Fsp3) is 0.571. The number of hydrogen-bond acceptors (Lipinski definition) is 4. The van der Waals surface area contributed by atoms with Gasteiger partial charge in [0.1, 0.15) is 5.75 Å². The predicted octanol–water partition coefficient (Wildman–Crippen LogP) is 1.56. The molecule has 1 rings (SSSR count). The molecule has 0 fully saturated rings. The minimum Gasteiger partial charge on any atom is -0.497 e. The van der Waals surface area contributed by atoms with E-state index in [2.05, 4.69) is 4.72 Å². The van der Waals surface area contributed by atoms with Gasteiger partial charge in [-0.25, -0.2) is 13.1 Å². The number of nitrogens with zero attached hydrogens (tertiary/aromatic N) is 1. The monoisotopic (exact) mass is 300 g/mol. The quantitative estimate of drug-likeness (QED) is 0.830. The van der Waals surface area contributed by atoms with Crippen molar-refractivity contribution in [3.05, 3.63) is 24.3 Å². The molecule has 5 nitrogen and oxygen atoms in total. The summed E-state index contributed by atoms with van der Waals surface area (Å²) in [5, 5.41) is 0. The van der Waals surface area contributed by atoms with Crippen LogP contribution in [0.3, 0.4) is 0 Å². The highest BCUT2D eigenvalue weighted by Crippen LogP contribution is 2.18. The fourth-order valence-electron chi connectivity index (χ4n) is 2.04. The lowest BCUT2D eigenvalue weighted by Gasteiger charge is -2.28. The molecule has 0 radical (unpaired) electrons. The molecule has 20 heavy (non-hydrogen) atoms. The molecule has 6 heteroatoms. The average molecular weight is 300 g/mol. The molecule has 0 aliphatic heterocycles. The van der Waals surface area contributed by atoms with Crippen molar-refractivity contribution in [2.45, 2.75) is 18.7 Å². The van der Waals surface area contributed by atoms with Gasteiger partial charge in [-0.2, -0.15) is 0 Å². The Bertz CT molecular complexity index is 522. The normalized spacial score (nSPS) is 12.7. The van der Waals surface area contributed by atoms with Gasteiger partial charge in [-0.3, -0.25) is 0 Å². The highest BCUT2D eigenvalue weighted by atomic mass is 32.2. The third-order valence-corrected chi connectivity index (χ3v) is 4.27. The van der Waals surface area contributed by atoms with E-state index < -0.39 is 10.0 Å². The van der Waals surface area contributed by atoms with Crippen molar-refractivity contribution in [2.75, 3.05) is 34.3 Å². The van der Waals surface area contributed by atoms with E-state index in [1.807, 2.05) is 32.8 Å². The van der Waals surface area contributed by atoms with Crippen LogP contribution in [0.1, 0.15) is 13.8 Å². The van der Waals surface area contributed by atoms with Gasteiger partial charge in [0.25, 0.3) is 0 Å². The summed E-state index contributed by atoms with van der Waals surface area (Å²) in [5.74, 6) is 0.636. The van der Waals surface area contributed by atoms with Crippen LogP contribution in [0.15, 0.2) is 29.2 Å². The third-order valence-electron chi connectivity index (χ3n) is 2.85. The van der Waals surface area contributed by atoms with Gasteiger partial charge in [0.05, 0.1) is 12.0 Å². The van der Waals surface area contributed by atoms with Gasteiger partial charge in [0.15, 0.2) is 0 Å². The molecule has 0 saturated carbocycles. The number of sulfonamides is 1. The van der Waals surface area contributed by atoms with Gasteiger partial charge in [-0.15, -0.1) is 0 Å². The van der Waals surface area contributed by atoms with Crippen molar-refractivity contribution >= 4 is 10.0 Å². The minimum atomic E-state index is -3.48. The first-order chi connectivity index (χ1) is 9.16. The van der Waals surface area contributed by atoms with Crippen molar-refractivity contribution in [1.29, 1.82) is 0 Å². The number of benzene rings is 1. The van der Waals surface area contributed by atoms with E-state index in [0.29, 0.717) is 12.3 Å². The molecule has 0 atom stereocenters. The van der Waals surface area contributed by atoms with Crippen molar-refractivity contribution in [3.63, 3.8) is 0 Å². The maximum Gasteiger partial charge on any atom is 0.240 e. The summed E-state index contributed by atoms with van der Waals surface area (Å²) in [4.78, 5) is 2.29. The highest BCUT2D eigenvalue weighted by molar-refractivity contribution is 7.89. The lowest BCUT2D eigenvalue weighted by atomic mass is 9.93. The molecule has 0 heterocycles. The van der Waals surface area contributed by atoms with Gasteiger partial charge < -0.3 is 9.64 Å². The summed E-state index contributed by atoms with van der Waals surface area (Å²) in [5.41, 5.74) is -0.136. The van der Waals surface area contributed by atoms with Crippen LogP contribution in [0.25, 0.3) is 0 Å². The summed E-state index contributed by atoms with van der Waals surface area (Å²) in [7, 11) is 2.01. The first kappa shape index (κ1) is 16.9. The molecule has 0 aliphatic carbocycles. The van der Waals surface area contributed by atoms with Gasteiger partial charge >= 0.3 is 0 Å². The Hall–Kier alpha value is -1.11. The first-order valence-corrected chi connectivity index (χ1v) is 7.93. The third kappa shape index (κ3) is 5.11. The van der Waals surface area contributed by atoms with Crippen LogP contribution in [-0.2, 0) is 10.0 Å². The number of nitrogens with one attached hydrogen (secondary N) is 1. The lowest BCUT2D eigenvalue weighted by molar-refractivity contribution is 0.242. The fourth-order valence-corrected chi connectivity index (χ4v) is 3.28. The summed E-state index contributed by atoms with van der Waals surface area (Å²) in [6, 6.07) is 6.36. The van der Waals surface area contributed by atoms with Gasteiger partial charge in [-0.05, 0) is 43.8 Å². The second-order valence-electron chi connectivity index (χ2n) is 5.90. The molecular formula is C14H24N2O3S. The topological polar surface area (TPSA) is 58.6 Å². The zero-order valence-electron chi connectivity index (χ0n) is 12.8. The Morgan fingerprint density at radius 2 is 1.75 bits per heavy atom. The molecular weight excluding hydrogens is 276 g/mol. The van der Waals surface area contributed by atoms with E-state index in [1.54, 1.807) is 31.4 Å². The molecule has 1 aromatic carbocycles. The Labute approximate surface area is 122 Å². The maximum absolute atomic E-state index is 12.2. The van der Waals surface area contributed by atoms with Crippen LogP contribution in [-0.4, -0.2) is 47.6 Å². The van der Waals surface area contributed by atoms with Crippen LogP contribution >= 0.6 is 0 Å². The second kappa shape index (κ2) is 6.56. The maximum atomic E-state index is 12.2. The smallest absolute Gasteiger partial charge is 0.240 e. The minimum absolute atomic E-state index is 0.136. The van der Waals surface area contributed by atoms with Crippen molar-refractivity contribution in [3.8, 4) is 5.75 Å². The molecule has 0 spiro atoms. The van der Waals surface area contributed by atoms with Gasteiger partial charge in [-0.1, -0.05) is 13.8 Å². The van der Waals surface area contributed by atoms with E-state index in [0.717, 1.165) is 6.54 Å². The summed E-state index contributed by atoms with van der Waals surface area (Å²) in [6.45, 7) is 5.25. The van der Waals surface area contributed by atoms with Gasteiger partial charge in [0.2, 0.25) is 10.0 Å². The molecule has 0 amide bonds. The molecule has 0 unspecified atom stereocenters. The predicted molar refractivity (Wildman–Crippen MR) is 80.5 cm³/mol. The number of ether oxygens (including phenoxy) is 1. The summed E-state index contributed by atoms with van der Waals surface area (Å²) >= 11 is 0. The lowest BCUT2D eigenvalue weighted by Crippen LogP contribution is -2.39. The van der Waals surface area contributed by atoms with E-state index in [-0.39, 0.29) is 10.3 Å². The Morgan fingerprint density at radius 1 is 1.20 bits per heavy atom. The van der Waals surface area contributed by atoms with Crippen molar-refractivity contribution in [2.24, 2.45) is 5.41 Å². The Kier molecular flexibility index (Phi) is 5.56. The van der Waals surface area contributed by atoms with Crippen LogP contribution in [0, 0.1) is 5.41 Å². The largest absolute Gasteiger partial charge is 0.497 e. The highest BCUT2D eigenvalue weighted by Gasteiger charge is 2.23. The SMILES string of the molecule is COc1ccc(S(=O)(=O)NCC(C)(C)CN(C)C)cc1. The molecule has 114 valence electrons. The molecule has 1 N–H and O–H groups in total. The zero-order valence-corrected chi connectivity index (χ0v) is 13.6. The van der Waals surface area contributed by atoms with Gasteiger partial charge in [0, 0.05) is 13.1 Å². The molecule has 0 bridgehead atoms. The summed E-state index contributed by atoms with van der Waals surface area (Å²) < 4.78 is 32.1. The molecule has 1 aromatic rings. The van der Waals surface area contributed by atoms with E-state index >= 15 is 0 Å². The van der Waals surface area contributed by atoms with E-state index in [9.17, 15) is 8.42 Å². The molecule has 0 saturated heterocycles. The van der Waals surface area contributed by atoms with Crippen LogP contribution in [0.5, 0.6) is 5.75 Å². The van der Waals surface area contributed by atoms with Crippen molar-refractivity contribution < 1.29 is 13.2 Å².